The average Bonchev–Trinajstić information content (AvgIpc) is 2.29. The minimum Gasteiger partial charge on any atom is -0.309 e. The number of rotatable bonds is 6. The zero-order valence-electron chi connectivity index (χ0n) is 10.8. The summed E-state index contributed by atoms with van der Waals surface area (Å²) in [6.45, 7) is 4.45. The Labute approximate surface area is 110 Å². The summed E-state index contributed by atoms with van der Waals surface area (Å²) in [5.41, 5.74) is -0.0392. The smallest absolute Gasteiger partial charge is 0.151 e. The summed E-state index contributed by atoms with van der Waals surface area (Å²) in [5.74, 6) is 1.69. The highest BCUT2D eigenvalue weighted by atomic mass is 35.5. The van der Waals surface area contributed by atoms with Crippen LogP contribution in [0.4, 0.5) is 0 Å². The van der Waals surface area contributed by atoms with Crippen LogP contribution >= 0.6 is 11.6 Å². The number of nitrogens with one attached hydrogen (secondary N) is 1. The van der Waals surface area contributed by atoms with Crippen LogP contribution in [0.2, 0.25) is 0 Å². The second-order valence-corrected chi connectivity index (χ2v) is 8.02. The molecular formula is C12H24ClNO2S. The lowest BCUT2D eigenvalue weighted by molar-refractivity contribution is 0.213. The molecule has 2 atom stereocenters. The summed E-state index contributed by atoms with van der Waals surface area (Å²) in [6, 6.07) is 0. The first-order valence-corrected chi connectivity index (χ1v) is 8.80. The van der Waals surface area contributed by atoms with Crippen molar-refractivity contribution in [2.45, 2.75) is 45.1 Å². The molecule has 2 unspecified atom stereocenters. The Bertz CT molecular complexity index is 331. The molecule has 1 rings (SSSR count). The summed E-state index contributed by atoms with van der Waals surface area (Å²) in [4.78, 5) is 0. The van der Waals surface area contributed by atoms with Gasteiger partial charge in [-0.25, -0.2) is 8.42 Å². The van der Waals surface area contributed by atoms with E-state index in [-0.39, 0.29) is 17.0 Å². The third-order valence-electron chi connectivity index (χ3n) is 3.70. The van der Waals surface area contributed by atoms with E-state index < -0.39 is 9.84 Å². The molecule has 1 aliphatic carbocycles. The standard InChI is InChI=1S/C12H24ClNO2S/c1-3-17(15,16)8-7-14-12(10-13)6-4-5-11(2)9-12/h11,14H,3-10H2,1-2H3. The summed E-state index contributed by atoms with van der Waals surface area (Å²) in [6.07, 6.45) is 4.56. The van der Waals surface area contributed by atoms with Gasteiger partial charge < -0.3 is 5.32 Å². The highest BCUT2D eigenvalue weighted by molar-refractivity contribution is 7.91. The van der Waals surface area contributed by atoms with E-state index in [9.17, 15) is 8.42 Å². The van der Waals surface area contributed by atoms with Gasteiger partial charge in [-0.2, -0.15) is 0 Å². The molecule has 0 aliphatic heterocycles. The van der Waals surface area contributed by atoms with Crippen molar-refractivity contribution >= 4 is 21.4 Å². The molecule has 0 aromatic carbocycles. The van der Waals surface area contributed by atoms with Crippen LogP contribution in [0.1, 0.15) is 39.5 Å². The van der Waals surface area contributed by atoms with Gasteiger partial charge in [0.15, 0.2) is 9.84 Å². The van der Waals surface area contributed by atoms with Crippen molar-refractivity contribution in [2.24, 2.45) is 5.92 Å². The van der Waals surface area contributed by atoms with Gasteiger partial charge in [-0.1, -0.05) is 26.7 Å². The van der Waals surface area contributed by atoms with Crippen molar-refractivity contribution in [3.05, 3.63) is 0 Å². The van der Waals surface area contributed by atoms with Gasteiger partial charge in [0.25, 0.3) is 0 Å². The molecule has 3 nitrogen and oxygen atoms in total. The van der Waals surface area contributed by atoms with E-state index >= 15 is 0 Å². The summed E-state index contributed by atoms with van der Waals surface area (Å²) < 4.78 is 22.9. The normalized spacial score (nSPS) is 30.4. The number of alkyl halides is 1. The van der Waals surface area contributed by atoms with Crippen LogP contribution in [0.5, 0.6) is 0 Å². The van der Waals surface area contributed by atoms with Crippen molar-refractivity contribution in [3.8, 4) is 0 Å². The molecule has 0 heterocycles. The maximum Gasteiger partial charge on any atom is 0.151 e. The van der Waals surface area contributed by atoms with Crippen LogP contribution in [0.15, 0.2) is 0 Å². The topological polar surface area (TPSA) is 46.2 Å². The maximum atomic E-state index is 11.4. The average molecular weight is 282 g/mol. The summed E-state index contributed by atoms with van der Waals surface area (Å²) in [7, 11) is -2.87. The van der Waals surface area contributed by atoms with Crippen LogP contribution in [0, 0.1) is 5.92 Å². The highest BCUT2D eigenvalue weighted by Crippen LogP contribution is 2.33. The Balaban J connectivity index is 2.47. The lowest BCUT2D eigenvalue weighted by Gasteiger charge is -2.39. The number of hydrogen-bond donors (Lipinski definition) is 1. The van der Waals surface area contributed by atoms with E-state index in [1.54, 1.807) is 6.92 Å². The Morgan fingerprint density at radius 2 is 2.18 bits per heavy atom. The lowest BCUT2D eigenvalue weighted by Crippen LogP contribution is -2.51. The third-order valence-corrected chi connectivity index (χ3v) is 5.92. The van der Waals surface area contributed by atoms with Crippen LogP contribution in [0.25, 0.3) is 0 Å². The van der Waals surface area contributed by atoms with Crippen molar-refractivity contribution < 1.29 is 8.42 Å². The molecule has 17 heavy (non-hydrogen) atoms. The lowest BCUT2D eigenvalue weighted by atomic mass is 9.77. The fourth-order valence-corrected chi connectivity index (χ4v) is 3.64. The zero-order chi connectivity index (χ0) is 12.9. The van der Waals surface area contributed by atoms with Gasteiger partial charge in [0.1, 0.15) is 0 Å². The minimum atomic E-state index is -2.87. The van der Waals surface area contributed by atoms with Gasteiger partial charge in [0.05, 0.1) is 5.75 Å². The van der Waals surface area contributed by atoms with E-state index in [4.69, 9.17) is 11.6 Å². The van der Waals surface area contributed by atoms with Crippen molar-refractivity contribution in [1.82, 2.24) is 5.32 Å². The molecule has 0 radical (unpaired) electrons. The van der Waals surface area contributed by atoms with Gasteiger partial charge in [-0.05, 0) is 18.8 Å². The first-order valence-electron chi connectivity index (χ1n) is 6.44. The first-order chi connectivity index (χ1) is 7.93. The Morgan fingerprint density at radius 3 is 2.71 bits per heavy atom. The molecule has 0 aromatic heterocycles. The fourth-order valence-electron chi connectivity index (χ4n) is 2.61. The molecule has 0 bridgehead atoms. The molecule has 1 aliphatic rings. The van der Waals surface area contributed by atoms with Crippen LogP contribution in [-0.2, 0) is 9.84 Å². The van der Waals surface area contributed by atoms with Gasteiger partial charge in [-0.3, -0.25) is 0 Å². The molecule has 0 spiro atoms. The number of halogens is 1. The monoisotopic (exact) mass is 281 g/mol. The van der Waals surface area contributed by atoms with Crippen LogP contribution in [-0.4, -0.2) is 37.9 Å². The molecular weight excluding hydrogens is 258 g/mol. The summed E-state index contributed by atoms with van der Waals surface area (Å²) >= 11 is 6.07. The van der Waals surface area contributed by atoms with Gasteiger partial charge in [-0.15, -0.1) is 11.6 Å². The Kier molecular flexibility index (Phi) is 5.74. The van der Waals surface area contributed by atoms with Crippen LogP contribution < -0.4 is 5.32 Å². The van der Waals surface area contributed by atoms with Crippen molar-refractivity contribution in [2.75, 3.05) is 23.9 Å². The molecule has 0 saturated heterocycles. The van der Waals surface area contributed by atoms with E-state index in [2.05, 4.69) is 12.2 Å². The molecule has 0 amide bonds. The maximum absolute atomic E-state index is 11.4. The molecule has 1 saturated carbocycles. The molecule has 5 heteroatoms. The second kappa shape index (κ2) is 6.39. The first kappa shape index (κ1) is 15.3. The highest BCUT2D eigenvalue weighted by Gasteiger charge is 2.33. The Hall–Kier alpha value is 0.200. The van der Waals surface area contributed by atoms with Crippen molar-refractivity contribution in [1.29, 1.82) is 0 Å². The number of sulfone groups is 1. The van der Waals surface area contributed by atoms with E-state index in [1.807, 2.05) is 0 Å². The minimum absolute atomic E-state index is 0.0392. The SMILES string of the molecule is CCS(=O)(=O)CCNC1(CCl)CCCC(C)C1. The fraction of sp³-hybridized carbons (Fsp3) is 1.00. The molecule has 0 aromatic rings. The second-order valence-electron chi connectivity index (χ2n) is 5.28. The van der Waals surface area contributed by atoms with E-state index in [1.165, 1.54) is 12.8 Å². The third kappa shape index (κ3) is 4.76. The van der Waals surface area contributed by atoms with Gasteiger partial charge >= 0.3 is 0 Å². The molecule has 1 N–H and O–H groups in total. The van der Waals surface area contributed by atoms with E-state index in [0.717, 1.165) is 12.8 Å². The van der Waals surface area contributed by atoms with Gasteiger partial charge in [0.2, 0.25) is 0 Å². The van der Waals surface area contributed by atoms with Crippen molar-refractivity contribution in [3.63, 3.8) is 0 Å². The van der Waals surface area contributed by atoms with E-state index in [0.29, 0.717) is 18.3 Å². The predicted octanol–water partition coefficient (Wildman–Crippen LogP) is 2.20. The summed E-state index contributed by atoms with van der Waals surface area (Å²) in [5, 5.41) is 3.39. The predicted molar refractivity (Wildman–Crippen MR) is 73.4 cm³/mol. The zero-order valence-corrected chi connectivity index (χ0v) is 12.4. The Morgan fingerprint density at radius 1 is 1.47 bits per heavy atom. The van der Waals surface area contributed by atoms with Crippen LogP contribution in [0.3, 0.4) is 0 Å². The largest absolute Gasteiger partial charge is 0.309 e. The molecule has 102 valence electrons. The van der Waals surface area contributed by atoms with Gasteiger partial charge in [0, 0.05) is 23.7 Å². The number of hydrogen-bond acceptors (Lipinski definition) is 3. The molecule has 1 fully saturated rings. The quantitative estimate of drug-likeness (QED) is 0.759.